The Morgan fingerprint density at radius 1 is 1.28 bits per heavy atom. The third kappa shape index (κ3) is 3.69. The molecular weight excluding hydrogens is 344 g/mol. The van der Waals surface area contributed by atoms with E-state index in [-0.39, 0.29) is 11.7 Å². The van der Waals surface area contributed by atoms with Crippen molar-refractivity contribution in [1.82, 2.24) is 4.31 Å². The second-order valence-electron chi connectivity index (χ2n) is 5.88. The van der Waals surface area contributed by atoms with Gasteiger partial charge in [0.2, 0.25) is 5.09 Å². The number of fused-ring (bicyclic) bond motifs is 1. The highest BCUT2D eigenvalue weighted by Gasteiger charge is 2.21. The molecule has 8 heteroatoms. The summed E-state index contributed by atoms with van der Waals surface area (Å²) in [6.45, 7) is 2.61. The molecule has 1 aliphatic rings. The molecule has 0 aliphatic carbocycles. The van der Waals surface area contributed by atoms with Crippen LogP contribution in [-0.2, 0) is 27.9 Å². The van der Waals surface area contributed by atoms with E-state index in [4.69, 9.17) is 14.0 Å². The summed E-state index contributed by atoms with van der Waals surface area (Å²) in [6, 6.07) is 8.88. The standard InChI is InChI=1S/C17H20N2O5S/c1-12(13-4-6-16-14(10-13)8-9-22-16)18-23-11-15-5-7-17(24-15)25(20,21)19(2)3/h4-7,10H,8-9,11H2,1-3H3. The van der Waals surface area contributed by atoms with Gasteiger partial charge in [-0.25, -0.2) is 12.7 Å². The van der Waals surface area contributed by atoms with E-state index in [0.29, 0.717) is 12.4 Å². The van der Waals surface area contributed by atoms with Crippen molar-refractivity contribution >= 4 is 15.7 Å². The average Bonchev–Trinajstić information content (AvgIpc) is 3.23. The minimum atomic E-state index is -3.58. The van der Waals surface area contributed by atoms with Gasteiger partial charge in [0, 0.05) is 20.5 Å². The second-order valence-corrected chi connectivity index (χ2v) is 7.96. The Morgan fingerprint density at radius 3 is 2.84 bits per heavy atom. The molecule has 134 valence electrons. The lowest BCUT2D eigenvalue weighted by Crippen LogP contribution is -2.21. The summed E-state index contributed by atoms with van der Waals surface area (Å²) in [7, 11) is -0.687. The SMILES string of the molecule is CC(=NOCc1ccc(S(=O)(=O)N(C)C)o1)c1ccc2c(c1)CCO2. The first-order valence-electron chi connectivity index (χ1n) is 7.82. The number of furan rings is 1. The van der Waals surface area contributed by atoms with Gasteiger partial charge in [0.1, 0.15) is 11.5 Å². The number of benzene rings is 1. The number of hydrogen-bond acceptors (Lipinski definition) is 6. The van der Waals surface area contributed by atoms with Gasteiger partial charge in [-0.1, -0.05) is 5.16 Å². The smallest absolute Gasteiger partial charge is 0.275 e. The first-order valence-corrected chi connectivity index (χ1v) is 9.26. The summed E-state index contributed by atoms with van der Waals surface area (Å²) in [6.07, 6.45) is 0.896. The van der Waals surface area contributed by atoms with E-state index in [9.17, 15) is 8.42 Å². The maximum Gasteiger partial charge on any atom is 0.275 e. The van der Waals surface area contributed by atoms with Crippen molar-refractivity contribution in [2.75, 3.05) is 20.7 Å². The molecule has 1 aliphatic heterocycles. The maximum atomic E-state index is 12.0. The van der Waals surface area contributed by atoms with Gasteiger partial charge in [-0.05, 0) is 48.4 Å². The van der Waals surface area contributed by atoms with Crippen LogP contribution in [0.4, 0.5) is 0 Å². The van der Waals surface area contributed by atoms with Gasteiger partial charge in [0.25, 0.3) is 10.0 Å². The van der Waals surface area contributed by atoms with Crippen molar-refractivity contribution in [3.63, 3.8) is 0 Å². The maximum absolute atomic E-state index is 12.0. The van der Waals surface area contributed by atoms with Gasteiger partial charge in [0.15, 0.2) is 6.61 Å². The zero-order valence-corrected chi connectivity index (χ0v) is 15.2. The molecule has 2 heterocycles. The van der Waals surface area contributed by atoms with Crippen LogP contribution < -0.4 is 4.74 Å². The molecule has 0 radical (unpaired) electrons. The molecule has 25 heavy (non-hydrogen) atoms. The molecule has 1 aromatic heterocycles. The van der Waals surface area contributed by atoms with Crippen molar-refractivity contribution in [2.45, 2.75) is 25.0 Å². The van der Waals surface area contributed by atoms with Crippen LogP contribution in [0, 0.1) is 0 Å². The van der Waals surface area contributed by atoms with Crippen molar-refractivity contribution in [1.29, 1.82) is 0 Å². The molecule has 0 N–H and O–H groups in total. The number of oxime groups is 1. The first-order chi connectivity index (χ1) is 11.9. The van der Waals surface area contributed by atoms with Crippen LogP contribution in [0.1, 0.15) is 23.8 Å². The number of nitrogens with zero attached hydrogens (tertiary/aromatic N) is 2. The highest BCUT2D eigenvalue weighted by Crippen LogP contribution is 2.26. The number of ether oxygens (including phenoxy) is 1. The van der Waals surface area contributed by atoms with Crippen molar-refractivity contribution < 1.29 is 22.4 Å². The highest BCUT2D eigenvalue weighted by molar-refractivity contribution is 7.88. The summed E-state index contributed by atoms with van der Waals surface area (Å²) in [4.78, 5) is 5.30. The van der Waals surface area contributed by atoms with E-state index in [0.717, 1.165) is 33.3 Å². The van der Waals surface area contributed by atoms with E-state index >= 15 is 0 Å². The van der Waals surface area contributed by atoms with Gasteiger partial charge < -0.3 is 14.0 Å². The molecule has 0 amide bonds. The van der Waals surface area contributed by atoms with Gasteiger partial charge in [0.05, 0.1) is 12.3 Å². The lowest BCUT2D eigenvalue weighted by molar-refractivity contribution is 0.111. The molecule has 7 nitrogen and oxygen atoms in total. The van der Waals surface area contributed by atoms with Gasteiger partial charge in [-0.15, -0.1) is 0 Å². The minimum Gasteiger partial charge on any atom is -0.493 e. The molecule has 0 atom stereocenters. The van der Waals surface area contributed by atoms with E-state index in [1.165, 1.54) is 20.2 Å². The predicted molar refractivity (Wildman–Crippen MR) is 92.2 cm³/mol. The number of sulfonamides is 1. The van der Waals surface area contributed by atoms with E-state index in [2.05, 4.69) is 5.16 Å². The predicted octanol–water partition coefficient (Wildman–Crippen LogP) is 2.41. The number of hydrogen-bond donors (Lipinski definition) is 0. The van der Waals surface area contributed by atoms with Crippen LogP contribution >= 0.6 is 0 Å². The number of rotatable bonds is 6. The fraction of sp³-hybridized carbons (Fsp3) is 0.353. The summed E-state index contributed by atoms with van der Waals surface area (Å²) >= 11 is 0. The molecule has 0 spiro atoms. The van der Waals surface area contributed by atoms with Crippen molar-refractivity contribution in [3.05, 3.63) is 47.2 Å². The fourth-order valence-electron chi connectivity index (χ4n) is 2.41. The summed E-state index contributed by atoms with van der Waals surface area (Å²) in [5.74, 6) is 1.31. The zero-order valence-electron chi connectivity index (χ0n) is 14.4. The monoisotopic (exact) mass is 364 g/mol. The molecular formula is C17H20N2O5S. The van der Waals surface area contributed by atoms with E-state index in [1.807, 2.05) is 25.1 Å². The van der Waals surface area contributed by atoms with Gasteiger partial charge in [-0.3, -0.25) is 0 Å². The fourth-order valence-corrected chi connectivity index (χ4v) is 3.22. The molecule has 0 unspecified atom stereocenters. The Kier molecular flexibility index (Phi) is 4.82. The summed E-state index contributed by atoms with van der Waals surface area (Å²) < 4.78 is 35.8. The molecule has 0 fully saturated rings. The van der Waals surface area contributed by atoms with Crippen molar-refractivity contribution in [2.24, 2.45) is 5.16 Å². The van der Waals surface area contributed by atoms with Gasteiger partial charge in [-0.2, -0.15) is 0 Å². The van der Waals surface area contributed by atoms with Crippen LogP contribution in [0.3, 0.4) is 0 Å². The van der Waals surface area contributed by atoms with Crippen LogP contribution in [0.15, 0.2) is 45.0 Å². The third-order valence-electron chi connectivity index (χ3n) is 3.89. The van der Waals surface area contributed by atoms with Crippen LogP contribution in [-0.4, -0.2) is 39.1 Å². The van der Waals surface area contributed by atoms with Crippen LogP contribution in [0.5, 0.6) is 5.75 Å². The lowest BCUT2D eigenvalue weighted by atomic mass is 10.1. The largest absolute Gasteiger partial charge is 0.493 e. The topological polar surface area (TPSA) is 81.3 Å². The van der Waals surface area contributed by atoms with Gasteiger partial charge >= 0.3 is 0 Å². The average molecular weight is 364 g/mol. The van der Waals surface area contributed by atoms with E-state index < -0.39 is 10.0 Å². The Labute approximate surface area is 146 Å². The Morgan fingerprint density at radius 2 is 2.08 bits per heavy atom. The Hall–Kier alpha value is -2.32. The zero-order chi connectivity index (χ0) is 18.0. The quantitative estimate of drug-likeness (QED) is 0.581. The molecule has 0 saturated carbocycles. The van der Waals surface area contributed by atoms with Crippen LogP contribution in [0.2, 0.25) is 0 Å². The summed E-state index contributed by atoms with van der Waals surface area (Å²) in [5.41, 5.74) is 2.85. The molecule has 0 saturated heterocycles. The highest BCUT2D eigenvalue weighted by atomic mass is 32.2. The third-order valence-corrected chi connectivity index (χ3v) is 5.58. The lowest BCUT2D eigenvalue weighted by Gasteiger charge is -2.07. The van der Waals surface area contributed by atoms with E-state index in [1.54, 1.807) is 6.07 Å². The molecule has 1 aromatic carbocycles. The molecule has 2 aromatic rings. The van der Waals surface area contributed by atoms with Crippen LogP contribution in [0.25, 0.3) is 0 Å². The Bertz CT molecular complexity index is 900. The van der Waals surface area contributed by atoms with Crippen molar-refractivity contribution in [3.8, 4) is 5.75 Å². The minimum absolute atomic E-state index is 0.0499. The molecule has 0 bridgehead atoms. The molecule has 3 rings (SSSR count). The normalized spacial score (nSPS) is 14.5. The first kappa shape index (κ1) is 17.5. The second kappa shape index (κ2) is 6.89. The summed E-state index contributed by atoms with van der Waals surface area (Å²) in [5, 5.41) is 3.96. The Balaban J connectivity index is 1.64.